The Morgan fingerprint density at radius 2 is 2.00 bits per heavy atom. The van der Waals surface area contributed by atoms with Gasteiger partial charge in [-0.15, -0.1) is 11.3 Å². The van der Waals surface area contributed by atoms with Crippen LogP contribution >= 0.6 is 11.3 Å². The van der Waals surface area contributed by atoms with Gasteiger partial charge < -0.3 is 10.4 Å². The highest BCUT2D eigenvalue weighted by Crippen LogP contribution is 2.30. The molecule has 1 amide bonds. The van der Waals surface area contributed by atoms with Crippen molar-refractivity contribution in [3.8, 4) is 0 Å². The number of amides is 1. The lowest BCUT2D eigenvalue weighted by Gasteiger charge is -2.21. The third-order valence-corrected chi connectivity index (χ3v) is 4.36. The molecule has 1 aromatic heterocycles. The van der Waals surface area contributed by atoms with Crippen LogP contribution in [0, 0.1) is 0 Å². The highest BCUT2D eigenvalue weighted by molar-refractivity contribution is 7.10. The van der Waals surface area contributed by atoms with Gasteiger partial charge in [0.25, 0.3) is 5.91 Å². The molecule has 1 aliphatic carbocycles. The van der Waals surface area contributed by atoms with E-state index in [2.05, 4.69) is 5.32 Å². The molecule has 0 spiro atoms. The van der Waals surface area contributed by atoms with E-state index in [0.717, 1.165) is 24.8 Å². The zero-order chi connectivity index (χ0) is 13.3. The van der Waals surface area contributed by atoms with Crippen molar-refractivity contribution in [3.05, 3.63) is 21.4 Å². The second-order valence-corrected chi connectivity index (χ2v) is 6.11. The fourth-order valence-corrected chi connectivity index (χ4v) is 3.21. The van der Waals surface area contributed by atoms with E-state index in [-0.39, 0.29) is 5.91 Å². The molecule has 0 saturated heterocycles. The van der Waals surface area contributed by atoms with Crippen molar-refractivity contribution in [1.82, 2.24) is 5.32 Å². The maximum atomic E-state index is 12.1. The number of aliphatic carboxylic acids is 1. The average molecular weight is 267 g/mol. The summed E-state index contributed by atoms with van der Waals surface area (Å²) in [7, 11) is 0. The SMILES string of the molecule is CC(C)(NC(=O)c1csc2c1CCCC2)C(=O)O. The van der Waals surface area contributed by atoms with Crippen LogP contribution in [0.5, 0.6) is 0 Å². The molecule has 0 saturated carbocycles. The highest BCUT2D eigenvalue weighted by atomic mass is 32.1. The lowest BCUT2D eigenvalue weighted by molar-refractivity contribution is -0.143. The quantitative estimate of drug-likeness (QED) is 0.882. The van der Waals surface area contributed by atoms with Crippen molar-refractivity contribution in [2.75, 3.05) is 0 Å². The molecule has 0 atom stereocenters. The molecule has 2 N–H and O–H groups in total. The fourth-order valence-electron chi connectivity index (χ4n) is 2.09. The molecule has 1 aromatic rings. The van der Waals surface area contributed by atoms with Crippen LogP contribution < -0.4 is 5.32 Å². The third-order valence-electron chi connectivity index (χ3n) is 3.27. The van der Waals surface area contributed by atoms with E-state index >= 15 is 0 Å². The summed E-state index contributed by atoms with van der Waals surface area (Å²) in [6, 6.07) is 0. The summed E-state index contributed by atoms with van der Waals surface area (Å²) in [6.45, 7) is 2.98. The Morgan fingerprint density at radius 3 is 2.67 bits per heavy atom. The van der Waals surface area contributed by atoms with Crippen molar-refractivity contribution in [3.63, 3.8) is 0 Å². The largest absolute Gasteiger partial charge is 0.480 e. The first kappa shape index (κ1) is 13.1. The van der Waals surface area contributed by atoms with Crippen LogP contribution in [0.1, 0.15) is 47.5 Å². The molecule has 1 heterocycles. The van der Waals surface area contributed by atoms with Crippen molar-refractivity contribution in [1.29, 1.82) is 0 Å². The van der Waals surface area contributed by atoms with E-state index < -0.39 is 11.5 Å². The number of carboxylic acids is 1. The van der Waals surface area contributed by atoms with E-state index in [9.17, 15) is 9.59 Å². The molecule has 2 rings (SSSR count). The number of carbonyl (C=O) groups excluding carboxylic acids is 1. The van der Waals surface area contributed by atoms with Crippen LogP contribution in [-0.2, 0) is 17.6 Å². The van der Waals surface area contributed by atoms with Crippen LogP contribution in [0.3, 0.4) is 0 Å². The van der Waals surface area contributed by atoms with E-state index in [4.69, 9.17) is 5.11 Å². The second kappa shape index (κ2) is 4.72. The van der Waals surface area contributed by atoms with Crippen molar-refractivity contribution >= 4 is 23.2 Å². The van der Waals surface area contributed by atoms with Gasteiger partial charge in [-0.25, -0.2) is 4.79 Å². The van der Waals surface area contributed by atoms with Gasteiger partial charge in [0.1, 0.15) is 5.54 Å². The van der Waals surface area contributed by atoms with Crippen LogP contribution in [0.25, 0.3) is 0 Å². The van der Waals surface area contributed by atoms with E-state index in [1.165, 1.54) is 25.1 Å². The molecule has 18 heavy (non-hydrogen) atoms. The zero-order valence-electron chi connectivity index (χ0n) is 10.6. The van der Waals surface area contributed by atoms with Crippen molar-refractivity contribution < 1.29 is 14.7 Å². The summed E-state index contributed by atoms with van der Waals surface area (Å²) in [5, 5.41) is 13.4. The van der Waals surface area contributed by atoms with E-state index in [1.807, 2.05) is 5.38 Å². The molecule has 1 aliphatic rings. The molecule has 0 aliphatic heterocycles. The number of rotatable bonds is 3. The van der Waals surface area contributed by atoms with E-state index in [0.29, 0.717) is 5.56 Å². The summed E-state index contributed by atoms with van der Waals surface area (Å²) >= 11 is 1.61. The van der Waals surface area contributed by atoms with Crippen LogP contribution in [0.2, 0.25) is 0 Å². The third kappa shape index (κ3) is 2.41. The maximum absolute atomic E-state index is 12.1. The van der Waals surface area contributed by atoms with Gasteiger partial charge in [-0.1, -0.05) is 0 Å². The number of thiophene rings is 1. The van der Waals surface area contributed by atoms with Gasteiger partial charge in [-0.3, -0.25) is 4.79 Å². The standard InChI is InChI=1S/C13H17NO3S/c1-13(2,12(16)17)14-11(15)9-7-18-10-6-4-3-5-8(9)10/h7H,3-6H2,1-2H3,(H,14,15)(H,16,17). The fraction of sp³-hybridized carbons (Fsp3) is 0.538. The summed E-state index contributed by atoms with van der Waals surface area (Å²) in [5.74, 6) is -1.30. The molecule has 5 heteroatoms. The van der Waals surface area contributed by atoms with Gasteiger partial charge in [0.15, 0.2) is 0 Å². The van der Waals surface area contributed by atoms with Crippen LogP contribution in [-0.4, -0.2) is 22.5 Å². The second-order valence-electron chi connectivity index (χ2n) is 5.14. The van der Waals surface area contributed by atoms with Gasteiger partial charge in [0.2, 0.25) is 0 Å². The minimum absolute atomic E-state index is 0.276. The number of hydrogen-bond donors (Lipinski definition) is 2. The lowest BCUT2D eigenvalue weighted by Crippen LogP contribution is -2.49. The first-order valence-electron chi connectivity index (χ1n) is 6.07. The van der Waals surface area contributed by atoms with E-state index in [1.54, 1.807) is 11.3 Å². The Morgan fingerprint density at radius 1 is 1.33 bits per heavy atom. The minimum Gasteiger partial charge on any atom is -0.480 e. The van der Waals surface area contributed by atoms with Crippen molar-refractivity contribution in [2.24, 2.45) is 0 Å². The summed E-state index contributed by atoms with van der Waals surface area (Å²) in [6.07, 6.45) is 4.24. The number of aryl methyl sites for hydroxylation is 1. The smallest absolute Gasteiger partial charge is 0.328 e. The predicted octanol–water partition coefficient (Wildman–Crippen LogP) is 2.22. The molecule has 0 fully saturated rings. The number of carboxylic acid groups (broad SMARTS) is 1. The molecular weight excluding hydrogens is 250 g/mol. The van der Waals surface area contributed by atoms with Gasteiger partial charge in [-0.2, -0.15) is 0 Å². The first-order chi connectivity index (χ1) is 8.42. The molecule has 0 unspecified atom stereocenters. The van der Waals surface area contributed by atoms with Crippen LogP contribution in [0.15, 0.2) is 5.38 Å². The lowest BCUT2D eigenvalue weighted by atomic mass is 9.95. The number of nitrogens with one attached hydrogen (secondary N) is 1. The predicted molar refractivity (Wildman–Crippen MR) is 70.1 cm³/mol. The van der Waals surface area contributed by atoms with Gasteiger partial charge in [0, 0.05) is 10.3 Å². The highest BCUT2D eigenvalue weighted by Gasteiger charge is 2.31. The number of hydrogen-bond acceptors (Lipinski definition) is 3. The average Bonchev–Trinajstić information content (AvgIpc) is 2.71. The van der Waals surface area contributed by atoms with Crippen molar-refractivity contribution in [2.45, 2.75) is 45.1 Å². The zero-order valence-corrected chi connectivity index (χ0v) is 11.4. The molecule has 0 aromatic carbocycles. The number of carbonyl (C=O) groups is 2. The van der Waals surface area contributed by atoms with Gasteiger partial charge in [-0.05, 0) is 45.1 Å². The van der Waals surface area contributed by atoms with Crippen LogP contribution in [0.4, 0.5) is 0 Å². The first-order valence-corrected chi connectivity index (χ1v) is 6.95. The monoisotopic (exact) mass is 267 g/mol. The number of fused-ring (bicyclic) bond motifs is 1. The topological polar surface area (TPSA) is 66.4 Å². The summed E-state index contributed by atoms with van der Waals surface area (Å²) in [5.41, 5.74) is 0.537. The molecule has 0 radical (unpaired) electrons. The molecule has 0 bridgehead atoms. The normalized spacial score (nSPS) is 15.0. The minimum atomic E-state index is -1.24. The molecule has 98 valence electrons. The summed E-state index contributed by atoms with van der Waals surface area (Å²) < 4.78 is 0. The Bertz CT molecular complexity index is 490. The Labute approximate surface area is 110 Å². The maximum Gasteiger partial charge on any atom is 0.328 e. The summed E-state index contributed by atoms with van der Waals surface area (Å²) in [4.78, 5) is 24.4. The molecule has 4 nitrogen and oxygen atoms in total. The van der Waals surface area contributed by atoms with Gasteiger partial charge in [0.05, 0.1) is 5.56 Å². The Kier molecular flexibility index (Phi) is 3.43. The molecular formula is C13H17NO3S. The van der Waals surface area contributed by atoms with Gasteiger partial charge >= 0.3 is 5.97 Å². The Balaban J connectivity index is 2.20. The Hall–Kier alpha value is -1.36.